The zero-order chi connectivity index (χ0) is 22.6. The lowest BCUT2D eigenvalue weighted by Crippen LogP contribution is -2.37. The van der Waals surface area contributed by atoms with Crippen LogP contribution in [0.2, 0.25) is 10.0 Å². The van der Waals surface area contributed by atoms with Crippen LogP contribution in [0, 0.1) is 11.7 Å². The first-order valence-corrected chi connectivity index (χ1v) is 11.2. The molecule has 5 nitrogen and oxygen atoms in total. The molecule has 0 aliphatic carbocycles. The number of hydrogen-bond donors (Lipinski definition) is 0. The predicted molar refractivity (Wildman–Crippen MR) is 123 cm³/mol. The number of amides is 2. The van der Waals surface area contributed by atoms with Crippen LogP contribution in [-0.4, -0.2) is 17.9 Å². The van der Waals surface area contributed by atoms with Crippen LogP contribution < -0.4 is 9.96 Å². The van der Waals surface area contributed by atoms with Crippen molar-refractivity contribution >= 4 is 62.3 Å². The van der Waals surface area contributed by atoms with Crippen LogP contribution in [0.4, 0.5) is 15.8 Å². The van der Waals surface area contributed by atoms with E-state index in [1.807, 2.05) is 30.3 Å². The van der Waals surface area contributed by atoms with Crippen LogP contribution in [0.3, 0.4) is 0 Å². The van der Waals surface area contributed by atoms with E-state index in [1.165, 1.54) is 24.3 Å². The van der Waals surface area contributed by atoms with E-state index in [0.29, 0.717) is 21.3 Å². The molecule has 162 valence electrons. The number of fused-ring (bicyclic) bond motifs is 1. The molecule has 0 N–H and O–H groups in total. The van der Waals surface area contributed by atoms with E-state index in [9.17, 15) is 14.0 Å². The van der Waals surface area contributed by atoms with Crippen molar-refractivity contribution in [2.24, 2.45) is 5.92 Å². The van der Waals surface area contributed by atoms with Crippen molar-refractivity contribution in [2.75, 3.05) is 9.96 Å². The number of para-hydroxylation sites is 1. The van der Waals surface area contributed by atoms with Crippen molar-refractivity contribution < 1.29 is 18.8 Å². The van der Waals surface area contributed by atoms with Crippen molar-refractivity contribution in [1.82, 2.24) is 0 Å². The number of nitrogens with zero attached hydrogens (tertiary/aromatic N) is 2. The molecule has 3 aromatic carbocycles. The molecule has 2 saturated heterocycles. The third-order valence-corrected chi connectivity index (χ3v) is 6.56. The third kappa shape index (κ3) is 3.49. The Morgan fingerprint density at radius 2 is 1.56 bits per heavy atom. The Hall–Kier alpha value is -2.45. The zero-order valence-electron chi connectivity index (χ0n) is 16.2. The molecule has 0 spiro atoms. The fourth-order valence-electron chi connectivity index (χ4n) is 4.17. The lowest BCUT2D eigenvalue weighted by atomic mass is 9.90. The van der Waals surface area contributed by atoms with E-state index in [-0.39, 0.29) is 10.2 Å². The van der Waals surface area contributed by atoms with Gasteiger partial charge in [0.2, 0.25) is 5.91 Å². The topological polar surface area (TPSA) is 49.9 Å². The van der Waals surface area contributed by atoms with Gasteiger partial charge < -0.3 is 0 Å². The first-order chi connectivity index (χ1) is 15.3. The maximum absolute atomic E-state index is 13.9. The Labute approximate surface area is 201 Å². The molecule has 0 bridgehead atoms. The van der Waals surface area contributed by atoms with Gasteiger partial charge in [-0.3, -0.25) is 14.4 Å². The molecule has 32 heavy (non-hydrogen) atoms. The van der Waals surface area contributed by atoms with Gasteiger partial charge in [-0.1, -0.05) is 47.5 Å². The summed E-state index contributed by atoms with van der Waals surface area (Å²) in [7, 11) is 0. The minimum absolute atomic E-state index is 0.252. The Balaban J connectivity index is 1.61. The first kappa shape index (κ1) is 21.4. The highest BCUT2D eigenvalue weighted by molar-refractivity contribution is 9.10. The Kier molecular flexibility index (Phi) is 5.45. The Bertz CT molecular complexity index is 1220. The first-order valence-electron chi connectivity index (χ1n) is 9.65. The Morgan fingerprint density at radius 1 is 0.875 bits per heavy atom. The van der Waals surface area contributed by atoms with Crippen molar-refractivity contribution in [3.05, 3.63) is 92.6 Å². The van der Waals surface area contributed by atoms with Gasteiger partial charge >= 0.3 is 0 Å². The van der Waals surface area contributed by atoms with Gasteiger partial charge in [0.15, 0.2) is 6.10 Å². The number of benzene rings is 3. The molecule has 2 fully saturated rings. The second-order valence-electron chi connectivity index (χ2n) is 7.47. The van der Waals surface area contributed by atoms with E-state index in [2.05, 4.69) is 15.9 Å². The fourth-order valence-corrected chi connectivity index (χ4v) is 5.08. The molecule has 2 amide bonds. The van der Waals surface area contributed by atoms with E-state index in [0.717, 1.165) is 4.90 Å². The van der Waals surface area contributed by atoms with Gasteiger partial charge in [0, 0.05) is 10.0 Å². The number of hydrogen-bond acceptors (Lipinski definition) is 4. The number of hydroxylamine groups is 1. The van der Waals surface area contributed by atoms with Crippen LogP contribution in [0.1, 0.15) is 11.6 Å². The number of halogens is 4. The minimum atomic E-state index is -1.05. The number of rotatable bonds is 3. The zero-order valence-corrected chi connectivity index (χ0v) is 19.3. The molecule has 0 aromatic heterocycles. The molecule has 2 aliphatic heterocycles. The monoisotopic (exact) mass is 534 g/mol. The number of carbonyl (C=O) groups excluding carboxylic acids is 2. The largest absolute Gasteiger partial charge is 0.273 e. The SMILES string of the molecule is O=C1[C@H]2[C@H](ON(c3ccccc3)[C@H]2c2ccc(F)c(Br)c2)C(=O)N1c1cc(Cl)cc(Cl)c1. The molecule has 2 aliphatic rings. The van der Waals surface area contributed by atoms with Crippen LogP contribution in [0.25, 0.3) is 0 Å². The average Bonchev–Trinajstić information content (AvgIpc) is 3.26. The van der Waals surface area contributed by atoms with Gasteiger partial charge in [0.25, 0.3) is 5.91 Å². The van der Waals surface area contributed by atoms with Gasteiger partial charge in [0.05, 0.1) is 21.9 Å². The van der Waals surface area contributed by atoms with E-state index in [4.69, 9.17) is 28.0 Å². The molecule has 9 heteroatoms. The minimum Gasteiger partial charge on any atom is -0.273 e. The van der Waals surface area contributed by atoms with Gasteiger partial charge in [0.1, 0.15) is 11.7 Å². The standard InChI is InChI=1S/C23H14BrCl2FN2O3/c24-17-8-12(6-7-18(17)27)20-19-21(32-29(20)15-4-2-1-3-5-15)23(31)28(22(19)30)16-10-13(25)9-14(26)11-16/h1-11,19-21H/t19-,20+,21+/m1/s1. The van der Waals surface area contributed by atoms with Crippen molar-refractivity contribution in [3.8, 4) is 0 Å². The Morgan fingerprint density at radius 3 is 2.22 bits per heavy atom. The maximum atomic E-state index is 13.9. The van der Waals surface area contributed by atoms with E-state index in [1.54, 1.807) is 17.2 Å². The van der Waals surface area contributed by atoms with Crippen LogP contribution in [0.15, 0.2) is 71.2 Å². The molecule has 3 atom stereocenters. The van der Waals surface area contributed by atoms with Crippen LogP contribution in [0.5, 0.6) is 0 Å². The summed E-state index contributed by atoms with van der Waals surface area (Å²) in [6.07, 6.45) is -1.05. The maximum Gasteiger partial charge on any atom is 0.266 e. The van der Waals surface area contributed by atoms with Crippen LogP contribution >= 0.6 is 39.1 Å². The third-order valence-electron chi connectivity index (χ3n) is 5.52. The van der Waals surface area contributed by atoms with Crippen molar-refractivity contribution in [3.63, 3.8) is 0 Å². The summed E-state index contributed by atoms with van der Waals surface area (Å²) < 4.78 is 14.2. The summed E-state index contributed by atoms with van der Waals surface area (Å²) >= 11 is 15.4. The predicted octanol–water partition coefficient (Wildman–Crippen LogP) is 5.95. The highest BCUT2D eigenvalue weighted by atomic mass is 79.9. The second kappa shape index (κ2) is 8.15. The van der Waals surface area contributed by atoms with Gasteiger partial charge in [-0.2, -0.15) is 0 Å². The number of anilines is 2. The van der Waals surface area contributed by atoms with E-state index < -0.39 is 35.7 Å². The smallest absolute Gasteiger partial charge is 0.266 e. The van der Waals surface area contributed by atoms with Gasteiger partial charge in [-0.05, 0) is 64.0 Å². The highest BCUT2D eigenvalue weighted by Crippen LogP contribution is 2.48. The highest BCUT2D eigenvalue weighted by Gasteiger charge is 2.60. The quantitative estimate of drug-likeness (QED) is 0.389. The molecule has 0 saturated carbocycles. The lowest BCUT2D eigenvalue weighted by Gasteiger charge is -2.29. The normalized spacial score (nSPS) is 22.6. The molecule has 3 aromatic rings. The summed E-state index contributed by atoms with van der Waals surface area (Å²) in [4.78, 5) is 34.0. The fraction of sp³-hybridized carbons (Fsp3) is 0.130. The molecular formula is C23H14BrCl2FN2O3. The molecular weight excluding hydrogens is 522 g/mol. The number of imide groups is 1. The molecule has 5 rings (SSSR count). The summed E-state index contributed by atoms with van der Waals surface area (Å²) in [5.74, 6) is -2.23. The molecule has 2 heterocycles. The lowest BCUT2D eigenvalue weighted by molar-refractivity contribution is -0.126. The van der Waals surface area contributed by atoms with E-state index >= 15 is 0 Å². The van der Waals surface area contributed by atoms with Gasteiger partial charge in [-0.15, -0.1) is 0 Å². The summed E-state index contributed by atoms with van der Waals surface area (Å²) in [6.45, 7) is 0. The summed E-state index contributed by atoms with van der Waals surface area (Å²) in [5.41, 5.74) is 1.58. The molecule has 0 radical (unpaired) electrons. The number of carbonyl (C=O) groups is 2. The summed E-state index contributed by atoms with van der Waals surface area (Å²) in [5, 5.41) is 2.15. The van der Waals surface area contributed by atoms with Gasteiger partial charge in [-0.25, -0.2) is 14.4 Å². The summed E-state index contributed by atoms with van der Waals surface area (Å²) in [6, 6.07) is 17.5. The second-order valence-corrected chi connectivity index (χ2v) is 9.20. The van der Waals surface area contributed by atoms with Crippen molar-refractivity contribution in [2.45, 2.75) is 12.1 Å². The van der Waals surface area contributed by atoms with Crippen LogP contribution in [-0.2, 0) is 14.4 Å². The molecule has 0 unspecified atom stereocenters. The van der Waals surface area contributed by atoms with Crippen molar-refractivity contribution in [1.29, 1.82) is 0 Å². The average molecular weight is 536 g/mol.